The quantitative estimate of drug-likeness (QED) is 0.392. The maximum absolute atomic E-state index is 10.0. The maximum atomic E-state index is 10.0. The monoisotopic (exact) mass is 128 g/mol. The molecule has 0 saturated carbocycles. The number of carbonyl (C=O) groups is 2. The van der Waals surface area contributed by atoms with Crippen LogP contribution >= 0.6 is 0 Å². The van der Waals surface area contributed by atoms with Crippen LogP contribution in [0.15, 0.2) is 0 Å². The van der Waals surface area contributed by atoms with Crippen LogP contribution in [0.2, 0.25) is 0 Å². The highest BCUT2D eigenvalue weighted by Gasteiger charge is 1.94. The zero-order chi connectivity index (χ0) is 5.86. The van der Waals surface area contributed by atoms with E-state index in [1.807, 2.05) is 0 Å². The fourth-order valence-corrected chi connectivity index (χ4v) is 0.351. The highest BCUT2D eigenvalue weighted by atomic mass is 28.1. The summed E-state index contributed by atoms with van der Waals surface area (Å²) in [6.07, 6.45) is 0.0833. The first-order valence-electron chi connectivity index (χ1n) is 2.12. The summed E-state index contributed by atoms with van der Waals surface area (Å²) in [7, 11) is 0. The summed E-state index contributed by atoms with van der Waals surface area (Å²) >= 11 is 0. The van der Waals surface area contributed by atoms with Crippen LogP contribution in [-0.4, -0.2) is 22.5 Å². The third-order valence-corrected chi connectivity index (χ3v) is 0.498. The van der Waals surface area contributed by atoms with Gasteiger partial charge >= 0.3 is 0 Å². The Morgan fingerprint density at radius 1 is 1.12 bits per heavy atom. The smallest absolute Gasteiger partial charge is 0.137 e. The summed E-state index contributed by atoms with van der Waals surface area (Å²) in [5.74, 6) is -0.125. The van der Waals surface area contributed by atoms with Crippen molar-refractivity contribution in [3.63, 3.8) is 0 Å². The van der Waals surface area contributed by atoms with E-state index < -0.39 is 0 Å². The Labute approximate surface area is 53.3 Å². The van der Waals surface area contributed by atoms with E-state index in [2.05, 4.69) is 0 Å². The molecule has 0 fully saturated rings. The SMILES string of the molecule is CC(=O)CC(C)=O.[Si]. The third-order valence-electron chi connectivity index (χ3n) is 0.498. The van der Waals surface area contributed by atoms with Gasteiger partial charge in [-0.25, -0.2) is 0 Å². The second kappa shape index (κ2) is 4.71. The first-order valence-corrected chi connectivity index (χ1v) is 2.12. The number of carbonyl (C=O) groups excluding carboxylic acids is 2. The average Bonchev–Trinajstić information content (AvgIpc) is 1.27. The van der Waals surface area contributed by atoms with Crippen LogP contribution < -0.4 is 0 Å². The van der Waals surface area contributed by atoms with Crippen LogP contribution in [0.5, 0.6) is 0 Å². The minimum atomic E-state index is -0.0625. The molecule has 0 atom stereocenters. The van der Waals surface area contributed by atoms with Crippen LogP contribution in [0.3, 0.4) is 0 Å². The van der Waals surface area contributed by atoms with Gasteiger partial charge in [-0.2, -0.15) is 0 Å². The Morgan fingerprint density at radius 3 is 1.38 bits per heavy atom. The van der Waals surface area contributed by atoms with Crippen LogP contribution in [0, 0.1) is 0 Å². The molecule has 0 aromatic heterocycles. The molecule has 44 valence electrons. The van der Waals surface area contributed by atoms with Gasteiger partial charge in [0.25, 0.3) is 0 Å². The summed E-state index contributed by atoms with van der Waals surface area (Å²) in [5.41, 5.74) is 0. The summed E-state index contributed by atoms with van der Waals surface area (Å²) in [6, 6.07) is 0. The van der Waals surface area contributed by atoms with Gasteiger partial charge in [-0.1, -0.05) is 0 Å². The number of hydrogen-bond acceptors (Lipinski definition) is 2. The van der Waals surface area contributed by atoms with Crippen molar-refractivity contribution in [3.05, 3.63) is 0 Å². The first-order chi connectivity index (χ1) is 3.13. The Balaban J connectivity index is 0. The van der Waals surface area contributed by atoms with Crippen molar-refractivity contribution < 1.29 is 9.59 Å². The van der Waals surface area contributed by atoms with Crippen molar-refractivity contribution in [3.8, 4) is 0 Å². The van der Waals surface area contributed by atoms with Gasteiger partial charge in [0.2, 0.25) is 0 Å². The summed E-state index contributed by atoms with van der Waals surface area (Å²) in [5, 5.41) is 0. The summed E-state index contributed by atoms with van der Waals surface area (Å²) in [6.45, 7) is 2.81. The maximum Gasteiger partial charge on any atom is 0.137 e. The van der Waals surface area contributed by atoms with Crippen molar-refractivity contribution in [2.75, 3.05) is 0 Å². The van der Waals surface area contributed by atoms with Crippen molar-refractivity contribution in [2.45, 2.75) is 20.3 Å². The van der Waals surface area contributed by atoms with Gasteiger partial charge in [0, 0.05) is 11.0 Å². The molecule has 0 aliphatic rings. The van der Waals surface area contributed by atoms with E-state index >= 15 is 0 Å². The van der Waals surface area contributed by atoms with E-state index in [4.69, 9.17) is 0 Å². The Kier molecular flexibility index (Phi) is 6.19. The highest BCUT2D eigenvalue weighted by Crippen LogP contribution is 1.80. The van der Waals surface area contributed by atoms with E-state index in [0.717, 1.165) is 0 Å². The number of Topliss-reactive ketones (excluding diaryl/α,β-unsaturated/α-hetero) is 2. The largest absolute Gasteiger partial charge is 0.300 e. The Hall–Kier alpha value is -0.443. The molecule has 0 spiro atoms. The van der Waals surface area contributed by atoms with E-state index in [1.54, 1.807) is 0 Å². The molecule has 0 bridgehead atoms. The minimum Gasteiger partial charge on any atom is -0.300 e. The van der Waals surface area contributed by atoms with Crippen molar-refractivity contribution in [1.82, 2.24) is 0 Å². The predicted molar refractivity (Wildman–Crippen MR) is 31.7 cm³/mol. The summed E-state index contributed by atoms with van der Waals surface area (Å²) < 4.78 is 0. The standard InChI is InChI=1S/C5H8O2.Si/c1-4(6)3-5(2)7;/h3H2,1-2H3;. The first kappa shape index (κ1) is 10.5. The number of ketones is 2. The fourth-order valence-electron chi connectivity index (χ4n) is 0.351. The molecule has 8 heavy (non-hydrogen) atoms. The normalized spacial score (nSPS) is 7.25. The zero-order valence-electron chi connectivity index (χ0n) is 5.02. The summed E-state index contributed by atoms with van der Waals surface area (Å²) in [4.78, 5) is 20.1. The van der Waals surface area contributed by atoms with Crippen LogP contribution in [0.1, 0.15) is 20.3 Å². The lowest BCUT2D eigenvalue weighted by molar-refractivity contribution is -0.124. The molecule has 0 aliphatic carbocycles. The molecule has 0 unspecified atom stereocenters. The number of hydrogen-bond donors (Lipinski definition) is 0. The Morgan fingerprint density at radius 2 is 1.38 bits per heavy atom. The highest BCUT2D eigenvalue weighted by molar-refractivity contribution is 5.96. The van der Waals surface area contributed by atoms with Crippen molar-refractivity contribution in [2.24, 2.45) is 0 Å². The second-order valence-corrected chi connectivity index (χ2v) is 1.58. The molecule has 0 amide bonds. The minimum absolute atomic E-state index is 0. The second-order valence-electron chi connectivity index (χ2n) is 1.58. The van der Waals surface area contributed by atoms with E-state index in [1.165, 1.54) is 13.8 Å². The van der Waals surface area contributed by atoms with Gasteiger partial charge in [-0.3, -0.25) is 9.59 Å². The van der Waals surface area contributed by atoms with Crippen LogP contribution in [-0.2, 0) is 9.59 Å². The lowest BCUT2D eigenvalue weighted by atomic mass is 10.2. The lowest BCUT2D eigenvalue weighted by Crippen LogP contribution is -1.97. The van der Waals surface area contributed by atoms with E-state index in [9.17, 15) is 9.59 Å². The molecule has 0 aromatic rings. The van der Waals surface area contributed by atoms with E-state index in [0.29, 0.717) is 0 Å². The van der Waals surface area contributed by atoms with Gasteiger partial charge < -0.3 is 0 Å². The average molecular weight is 128 g/mol. The topological polar surface area (TPSA) is 34.1 Å². The van der Waals surface area contributed by atoms with Gasteiger partial charge in [-0.05, 0) is 13.8 Å². The molecule has 4 radical (unpaired) electrons. The zero-order valence-corrected chi connectivity index (χ0v) is 6.02. The van der Waals surface area contributed by atoms with Crippen LogP contribution in [0.4, 0.5) is 0 Å². The molecule has 3 heteroatoms. The molecule has 0 N–H and O–H groups in total. The predicted octanol–water partition coefficient (Wildman–Crippen LogP) is 0.174. The molecule has 0 rings (SSSR count). The number of rotatable bonds is 2. The molecule has 0 aliphatic heterocycles. The third kappa shape index (κ3) is 9.12. The van der Waals surface area contributed by atoms with Crippen molar-refractivity contribution >= 4 is 22.5 Å². The molecular weight excluding hydrogens is 120 g/mol. The fraction of sp³-hybridized carbons (Fsp3) is 0.600. The Bertz CT molecular complexity index is 86.6. The molecule has 0 saturated heterocycles. The lowest BCUT2D eigenvalue weighted by Gasteiger charge is -1.81. The van der Waals surface area contributed by atoms with Crippen LogP contribution in [0.25, 0.3) is 0 Å². The molecular formula is C5H8O2Si. The molecule has 2 nitrogen and oxygen atoms in total. The van der Waals surface area contributed by atoms with Gasteiger partial charge in [0.05, 0.1) is 6.42 Å². The van der Waals surface area contributed by atoms with Gasteiger partial charge in [0.15, 0.2) is 0 Å². The van der Waals surface area contributed by atoms with Gasteiger partial charge in [-0.15, -0.1) is 0 Å². The van der Waals surface area contributed by atoms with Gasteiger partial charge in [0.1, 0.15) is 11.6 Å². The molecule has 0 heterocycles. The van der Waals surface area contributed by atoms with E-state index in [-0.39, 0.29) is 29.0 Å². The van der Waals surface area contributed by atoms with Crippen molar-refractivity contribution in [1.29, 1.82) is 0 Å². The molecule has 0 aromatic carbocycles.